The van der Waals surface area contributed by atoms with Crippen LogP contribution in [0.1, 0.15) is 36.0 Å². The molecule has 0 atom stereocenters. The number of hydrogen-bond acceptors (Lipinski definition) is 2. The summed E-state index contributed by atoms with van der Waals surface area (Å²) in [4.78, 5) is 11.7. The zero-order valence-corrected chi connectivity index (χ0v) is 8.83. The Morgan fingerprint density at radius 1 is 1.62 bits per heavy atom. The summed E-state index contributed by atoms with van der Waals surface area (Å²) in [5, 5.41) is 1.87. The molecule has 1 nitrogen and oxygen atoms in total. The van der Waals surface area contributed by atoms with Gasteiger partial charge in [0.2, 0.25) is 0 Å². The molecule has 0 aromatic carbocycles. The van der Waals surface area contributed by atoms with E-state index in [1.807, 2.05) is 11.4 Å². The minimum atomic E-state index is 0.218. The Hall–Kier alpha value is -0.340. The van der Waals surface area contributed by atoms with Crippen molar-refractivity contribution in [2.75, 3.05) is 0 Å². The van der Waals surface area contributed by atoms with E-state index in [1.54, 1.807) is 0 Å². The summed E-state index contributed by atoms with van der Waals surface area (Å²) in [7, 11) is 0. The van der Waals surface area contributed by atoms with E-state index >= 15 is 0 Å². The van der Waals surface area contributed by atoms with Gasteiger partial charge in [0, 0.05) is 12.0 Å². The summed E-state index contributed by atoms with van der Waals surface area (Å²) in [5.41, 5.74) is 0.721. The number of ketones is 1. The first kappa shape index (κ1) is 9.22. The number of carbonyl (C=O) groups excluding carboxylic acids is 1. The lowest BCUT2D eigenvalue weighted by Gasteiger charge is -2.24. The number of halogens is 1. The third kappa shape index (κ3) is 1.94. The van der Waals surface area contributed by atoms with Crippen molar-refractivity contribution in [2.45, 2.75) is 25.7 Å². The molecule has 1 heterocycles. The predicted molar refractivity (Wildman–Crippen MR) is 55.6 cm³/mol. The lowest BCUT2D eigenvalue weighted by molar-refractivity contribution is 0.0937. The molecular weight excluding hydrogens is 204 g/mol. The third-order valence-corrected chi connectivity index (χ3v) is 3.79. The molecule has 1 aliphatic carbocycles. The lowest BCUT2D eigenvalue weighted by Crippen LogP contribution is -2.15. The van der Waals surface area contributed by atoms with Crippen LogP contribution < -0.4 is 0 Å². The fourth-order valence-corrected chi connectivity index (χ4v) is 2.52. The Bertz CT molecular complexity index is 314. The van der Waals surface area contributed by atoms with Crippen molar-refractivity contribution in [3.05, 3.63) is 21.3 Å². The molecule has 2 rings (SSSR count). The second-order valence-electron chi connectivity index (χ2n) is 3.53. The molecule has 0 amide bonds. The molecule has 1 saturated carbocycles. The van der Waals surface area contributed by atoms with Crippen LogP contribution in [-0.4, -0.2) is 5.78 Å². The van der Waals surface area contributed by atoms with Gasteiger partial charge in [-0.3, -0.25) is 4.79 Å². The Kier molecular flexibility index (Phi) is 2.70. The number of hydrogen-bond donors (Lipinski definition) is 0. The molecule has 0 N–H and O–H groups in total. The van der Waals surface area contributed by atoms with Gasteiger partial charge < -0.3 is 0 Å². The summed E-state index contributed by atoms with van der Waals surface area (Å²) < 4.78 is 0.643. The zero-order chi connectivity index (χ0) is 9.26. The van der Waals surface area contributed by atoms with Gasteiger partial charge in [-0.15, -0.1) is 11.3 Å². The van der Waals surface area contributed by atoms with Crippen LogP contribution >= 0.6 is 22.9 Å². The van der Waals surface area contributed by atoms with Gasteiger partial charge in [0.1, 0.15) is 4.34 Å². The van der Waals surface area contributed by atoms with Crippen LogP contribution in [0, 0.1) is 5.92 Å². The highest BCUT2D eigenvalue weighted by molar-refractivity contribution is 7.14. The molecule has 1 aromatic heterocycles. The highest BCUT2D eigenvalue weighted by atomic mass is 35.5. The first-order valence-corrected chi connectivity index (χ1v) is 5.79. The van der Waals surface area contributed by atoms with E-state index in [4.69, 9.17) is 11.6 Å². The summed E-state index contributed by atoms with van der Waals surface area (Å²) >= 11 is 7.31. The molecule has 13 heavy (non-hydrogen) atoms. The first-order chi connectivity index (χ1) is 6.27. The molecule has 3 heteroatoms. The highest BCUT2D eigenvalue weighted by Gasteiger charge is 2.22. The third-order valence-electron chi connectivity index (χ3n) is 2.62. The fraction of sp³-hybridized carbons (Fsp3) is 0.500. The van der Waals surface area contributed by atoms with Gasteiger partial charge in [-0.1, -0.05) is 30.9 Å². The van der Waals surface area contributed by atoms with Crippen molar-refractivity contribution < 1.29 is 4.79 Å². The maximum absolute atomic E-state index is 11.7. The number of Topliss-reactive ketones (excluding diaryl/α,β-unsaturated/α-hetero) is 1. The molecule has 0 radical (unpaired) electrons. The van der Waals surface area contributed by atoms with Crippen LogP contribution in [-0.2, 0) is 0 Å². The van der Waals surface area contributed by atoms with Crippen molar-refractivity contribution in [3.8, 4) is 0 Å². The second-order valence-corrected chi connectivity index (χ2v) is 5.05. The molecule has 0 aliphatic heterocycles. The van der Waals surface area contributed by atoms with E-state index < -0.39 is 0 Å². The van der Waals surface area contributed by atoms with Crippen LogP contribution in [0.15, 0.2) is 11.4 Å². The van der Waals surface area contributed by atoms with Crippen LogP contribution in [0.25, 0.3) is 0 Å². The Balaban J connectivity index is 2.00. The summed E-state index contributed by atoms with van der Waals surface area (Å²) in [6.45, 7) is 0. The summed E-state index contributed by atoms with van der Waals surface area (Å²) in [6, 6.07) is 1.83. The normalized spacial score (nSPS) is 17.0. The Morgan fingerprint density at radius 3 is 2.85 bits per heavy atom. The number of thiophene rings is 1. The van der Waals surface area contributed by atoms with Crippen LogP contribution in [0.5, 0.6) is 0 Å². The minimum absolute atomic E-state index is 0.218. The fourth-order valence-electron chi connectivity index (χ4n) is 1.56. The SMILES string of the molecule is O=C(CC1CCC1)c1ccsc1Cl. The molecule has 0 spiro atoms. The summed E-state index contributed by atoms with van der Waals surface area (Å²) in [6.07, 6.45) is 4.41. The van der Waals surface area contributed by atoms with Crippen LogP contribution in [0.2, 0.25) is 4.34 Å². The molecule has 1 fully saturated rings. The first-order valence-electron chi connectivity index (χ1n) is 4.53. The van der Waals surface area contributed by atoms with Gasteiger partial charge in [-0.05, 0) is 17.4 Å². The lowest BCUT2D eigenvalue weighted by atomic mass is 9.81. The largest absolute Gasteiger partial charge is 0.294 e. The molecule has 0 bridgehead atoms. The highest BCUT2D eigenvalue weighted by Crippen LogP contribution is 2.32. The minimum Gasteiger partial charge on any atom is -0.294 e. The molecular formula is C10H11ClOS. The van der Waals surface area contributed by atoms with Gasteiger partial charge in [-0.25, -0.2) is 0 Å². The van der Waals surface area contributed by atoms with Crippen molar-refractivity contribution >= 4 is 28.7 Å². The smallest absolute Gasteiger partial charge is 0.165 e. The van der Waals surface area contributed by atoms with Gasteiger partial charge in [0.05, 0.1) is 0 Å². The maximum Gasteiger partial charge on any atom is 0.165 e. The van der Waals surface area contributed by atoms with Crippen LogP contribution in [0.3, 0.4) is 0 Å². The molecule has 1 aromatic rings. The monoisotopic (exact) mass is 214 g/mol. The van der Waals surface area contributed by atoms with E-state index in [0.717, 1.165) is 5.56 Å². The Morgan fingerprint density at radius 2 is 2.38 bits per heavy atom. The summed E-state index contributed by atoms with van der Waals surface area (Å²) in [5.74, 6) is 0.847. The van der Waals surface area contributed by atoms with E-state index in [2.05, 4.69) is 0 Å². The van der Waals surface area contributed by atoms with Crippen molar-refractivity contribution in [1.29, 1.82) is 0 Å². The second kappa shape index (κ2) is 3.81. The average Bonchev–Trinajstić information content (AvgIpc) is 2.43. The zero-order valence-electron chi connectivity index (χ0n) is 7.25. The van der Waals surface area contributed by atoms with E-state index in [-0.39, 0.29) is 5.78 Å². The molecule has 0 saturated heterocycles. The molecule has 1 aliphatic rings. The Labute approximate surface area is 86.7 Å². The van der Waals surface area contributed by atoms with E-state index in [9.17, 15) is 4.79 Å². The van der Waals surface area contributed by atoms with Gasteiger partial charge >= 0.3 is 0 Å². The van der Waals surface area contributed by atoms with Gasteiger partial charge in [0.25, 0.3) is 0 Å². The van der Waals surface area contributed by atoms with Gasteiger partial charge in [-0.2, -0.15) is 0 Å². The predicted octanol–water partition coefficient (Wildman–Crippen LogP) is 3.77. The van der Waals surface area contributed by atoms with E-state index in [0.29, 0.717) is 16.7 Å². The van der Waals surface area contributed by atoms with Gasteiger partial charge in [0.15, 0.2) is 5.78 Å². The van der Waals surface area contributed by atoms with Crippen molar-refractivity contribution in [1.82, 2.24) is 0 Å². The topological polar surface area (TPSA) is 17.1 Å². The average molecular weight is 215 g/mol. The van der Waals surface area contributed by atoms with Crippen molar-refractivity contribution in [3.63, 3.8) is 0 Å². The molecule has 0 unspecified atom stereocenters. The van der Waals surface area contributed by atoms with E-state index in [1.165, 1.54) is 30.6 Å². The standard InChI is InChI=1S/C10H11ClOS/c11-10-8(4-5-13-10)9(12)6-7-2-1-3-7/h4-5,7H,1-3,6H2. The van der Waals surface area contributed by atoms with Crippen molar-refractivity contribution in [2.24, 2.45) is 5.92 Å². The quantitative estimate of drug-likeness (QED) is 0.700. The number of rotatable bonds is 3. The molecule has 70 valence electrons. The number of carbonyl (C=O) groups is 1. The van der Waals surface area contributed by atoms with Crippen LogP contribution in [0.4, 0.5) is 0 Å². The maximum atomic E-state index is 11.7.